The lowest BCUT2D eigenvalue weighted by molar-refractivity contribution is -0.124. The number of nitrogens with zero attached hydrogens (tertiary/aromatic N) is 3. The lowest BCUT2D eigenvalue weighted by Gasteiger charge is -2.40. The van der Waals surface area contributed by atoms with Gasteiger partial charge in [-0.2, -0.15) is 5.26 Å². The Morgan fingerprint density at radius 2 is 2.19 bits per heavy atom. The summed E-state index contributed by atoms with van der Waals surface area (Å²) in [4.78, 5) is 21.8. The van der Waals surface area contributed by atoms with E-state index in [1.165, 1.54) is 0 Å². The molecule has 0 aromatic carbocycles. The summed E-state index contributed by atoms with van der Waals surface area (Å²) in [6.07, 6.45) is 4.32. The predicted molar refractivity (Wildman–Crippen MR) is 103 cm³/mol. The highest BCUT2D eigenvalue weighted by atomic mass is 35.5. The molecule has 142 valence electrons. The minimum Gasteiger partial charge on any atom is -0.374 e. The molecule has 0 radical (unpaired) electrons. The van der Waals surface area contributed by atoms with Crippen molar-refractivity contribution in [2.45, 2.75) is 32.6 Å². The average Bonchev–Trinajstić information content (AvgIpc) is 2.60. The molecule has 1 saturated carbocycles. The van der Waals surface area contributed by atoms with Gasteiger partial charge in [-0.15, -0.1) is 0 Å². The van der Waals surface area contributed by atoms with Gasteiger partial charge in [-0.25, -0.2) is 0 Å². The van der Waals surface area contributed by atoms with Crippen LogP contribution in [0.5, 0.6) is 0 Å². The van der Waals surface area contributed by atoms with E-state index in [0.717, 1.165) is 11.3 Å². The summed E-state index contributed by atoms with van der Waals surface area (Å²) in [5, 5.41) is 10.3. The normalized spacial score (nSPS) is 24.3. The number of aliphatic imine (C=N–C) groups is 1. The highest BCUT2D eigenvalue weighted by Gasteiger charge is 2.47. The molecule has 27 heavy (non-hydrogen) atoms. The number of pyridine rings is 1. The van der Waals surface area contributed by atoms with Crippen molar-refractivity contribution in [3.05, 3.63) is 40.3 Å². The highest BCUT2D eigenvalue weighted by molar-refractivity contribution is 6.31. The number of hydrogen-bond donors (Lipinski definition) is 1. The van der Waals surface area contributed by atoms with Crippen LogP contribution in [0.4, 0.5) is 0 Å². The first-order valence-electron chi connectivity index (χ1n) is 8.98. The molecule has 7 heteroatoms. The van der Waals surface area contributed by atoms with Gasteiger partial charge in [0.15, 0.2) is 0 Å². The molecule has 3 rings (SSSR count). The zero-order valence-electron chi connectivity index (χ0n) is 15.5. The maximum atomic E-state index is 13.0. The van der Waals surface area contributed by atoms with Crippen LogP contribution in [-0.2, 0) is 9.53 Å². The zero-order chi connectivity index (χ0) is 19.6. The molecule has 0 bridgehead atoms. The van der Waals surface area contributed by atoms with E-state index in [-0.39, 0.29) is 17.8 Å². The number of carbonyl (C=O) groups is 1. The molecule has 0 spiro atoms. The molecule has 1 fully saturated rings. The van der Waals surface area contributed by atoms with Crippen molar-refractivity contribution in [2.24, 2.45) is 22.1 Å². The smallest absolute Gasteiger partial charge is 0.143 e. The molecule has 2 atom stereocenters. The second kappa shape index (κ2) is 7.89. The Balaban J connectivity index is 2.13. The average molecular weight is 387 g/mol. The van der Waals surface area contributed by atoms with E-state index in [9.17, 15) is 10.1 Å². The minimum absolute atomic E-state index is 0.0950. The van der Waals surface area contributed by atoms with Gasteiger partial charge >= 0.3 is 0 Å². The maximum Gasteiger partial charge on any atom is 0.143 e. The van der Waals surface area contributed by atoms with Gasteiger partial charge in [-0.1, -0.05) is 25.4 Å². The van der Waals surface area contributed by atoms with Gasteiger partial charge in [0, 0.05) is 37.0 Å². The Labute approximate surface area is 164 Å². The van der Waals surface area contributed by atoms with E-state index in [4.69, 9.17) is 27.1 Å². The second-order valence-electron chi connectivity index (χ2n) is 7.75. The number of allylic oxidation sites excluding steroid dienone is 1. The summed E-state index contributed by atoms with van der Waals surface area (Å²) in [6, 6.07) is 4.04. The van der Waals surface area contributed by atoms with Crippen molar-refractivity contribution in [3.63, 3.8) is 0 Å². The number of aromatic nitrogens is 1. The Morgan fingerprint density at radius 1 is 1.41 bits per heavy atom. The number of nitriles is 1. The molecular formula is C20H23ClN4O2. The molecule has 2 heterocycles. The fourth-order valence-electron chi connectivity index (χ4n) is 3.97. The quantitative estimate of drug-likeness (QED) is 0.783. The molecule has 0 amide bonds. The molecule has 1 aromatic heterocycles. The molecule has 1 aliphatic heterocycles. The number of fused-ring (bicyclic) bond motifs is 1. The van der Waals surface area contributed by atoms with Crippen LogP contribution in [0, 0.1) is 22.7 Å². The van der Waals surface area contributed by atoms with E-state index < -0.39 is 11.8 Å². The first kappa shape index (κ1) is 19.7. The van der Waals surface area contributed by atoms with Gasteiger partial charge in [0.1, 0.15) is 5.78 Å². The summed E-state index contributed by atoms with van der Waals surface area (Å²) in [5.41, 5.74) is 7.86. The summed E-state index contributed by atoms with van der Waals surface area (Å²) < 4.78 is 5.56. The summed E-state index contributed by atoms with van der Waals surface area (Å²) in [7, 11) is 0. The lowest BCUT2D eigenvalue weighted by atomic mass is 9.63. The van der Waals surface area contributed by atoms with E-state index in [1.807, 2.05) is 0 Å². The van der Waals surface area contributed by atoms with Gasteiger partial charge in [-0.05, 0) is 23.5 Å². The third kappa shape index (κ3) is 3.96. The number of ether oxygens (including phenoxy) is 1. The van der Waals surface area contributed by atoms with Crippen molar-refractivity contribution in [3.8, 4) is 6.07 Å². The van der Waals surface area contributed by atoms with E-state index in [0.29, 0.717) is 42.3 Å². The minimum atomic E-state index is -0.467. The number of halogens is 1. The summed E-state index contributed by atoms with van der Waals surface area (Å²) in [5.74, 6) is -0.832. The molecule has 2 unspecified atom stereocenters. The zero-order valence-corrected chi connectivity index (χ0v) is 16.3. The highest BCUT2D eigenvalue weighted by Crippen LogP contribution is 2.47. The number of Topliss-reactive ketones (excluding diaryl/α,β-unsaturated/α-hetero) is 1. The molecule has 1 aliphatic carbocycles. The predicted octanol–water partition coefficient (Wildman–Crippen LogP) is 3.03. The van der Waals surface area contributed by atoms with Gasteiger partial charge in [0.2, 0.25) is 0 Å². The monoisotopic (exact) mass is 386 g/mol. The second-order valence-corrected chi connectivity index (χ2v) is 8.16. The van der Waals surface area contributed by atoms with E-state index >= 15 is 0 Å². The number of hydrogen-bond acceptors (Lipinski definition) is 6. The lowest BCUT2D eigenvalue weighted by Crippen LogP contribution is -2.43. The van der Waals surface area contributed by atoms with Crippen LogP contribution in [0.3, 0.4) is 0 Å². The Hall–Kier alpha value is -2.07. The first-order valence-corrected chi connectivity index (χ1v) is 9.36. The first-order chi connectivity index (χ1) is 12.9. The van der Waals surface area contributed by atoms with Gasteiger partial charge in [-0.3, -0.25) is 14.8 Å². The van der Waals surface area contributed by atoms with Crippen LogP contribution in [0.25, 0.3) is 0 Å². The molecule has 6 nitrogen and oxygen atoms in total. The van der Waals surface area contributed by atoms with Crippen molar-refractivity contribution in [1.82, 2.24) is 4.98 Å². The fraction of sp³-hybridized carbons (Fsp3) is 0.500. The largest absolute Gasteiger partial charge is 0.374 e. The van der Waals surface area contributed by atoms with E-state index in [2.05, 4.69) is 24.9 Å². The van der Waals surface area contributed by atoms with Crippen molar-refractivity contribution >= 4 is 23.1 Å². The molecular weight excluding hydrogens is 364 g/mol. The molecule has 2 aliphatic rings. The van der Waals surface area contributed by atoms with Crippen LogP contribution < -0.4 is 5.73 Å². The van der Waals surface area contributed by atoms with Gasteiger partial charge < -0.3 is 10.5 Å². The Morgan fingerprint density at radius 3 is 2.85 bits per heavy atom. The number of carbonyl (C=O) groups excluding carboxylic acids is 1. The number of rotatable bonds is 5. The molecule has 0 saturated heterocycles. The van der Waals surface area contributed by atoms with Crippen LogP contribution >= 0.6 is 11.6 Å². The molecule has 1 aromatic rings. The maximum absolute atomic E-state index is 13.0. The SMILES string of the molecule is CC1(C)CC(=O)C2C(=NC(COCCN)=C(C#N)C2c2ccncc2Cl)C1. The summed E-state index contributed by atoms with van der Waals surface area (Å²) in [6.45, 7) is 5.07. The van der Waals surface area contributed by atoms with Crippen molar-refractivity contribution in [1.29, 1.82) is 5.26 Å². The Kier molecular flexibility index (Phi) is 5.75. The number of ketones is 1. The standard InChI is InChI=1S/C20H23ClN4O2/c1-20(2)7-15-19(17(26)8-20)18(12-3-5-24-10-14(12)21)13(9-23)16(25-15)11-27-6-4-22/h3,5,10,18-19H,4,6-8,11,22H2,1-2H3. The van der Waals surface area contributed by atoms with Gasteiger partial charge in [0.05, 0.1) is 41.5 Å². The van der Waals surface area contributed by atoms with Crippen LogP contribution in [0.1, 0.15) is 38.2 Å². The van der Waals surface area contributed by atoms with Crippen LogP contribution in [-0.4, -0.2) is 36.2 Å². The van der Waals surface area contributed by atoms with Crippen LogP contribution in [0.2, 0.25) is 5.02 Å². The topological polar surface area (TPSA) is 101 Å². The third-order valence-electron chi connectivity index (χ3n) is 5.01. The third-order valence-corrected chi connectivity index (χ3v) is 5.33. The summed E-state index contributed by atoms with van der Waals surface area (Å²) >= 11 is 6.40. The fourth-order valence-corrected chi connectivity index (χ4v) is 4.20. The Bertz CT molecular complexity index is 854. The van der Waals surface area contributed by atoms with Crippen molar-refractivity contribution in [2.75, 3.05) is 19.8 Å². The molecule has 2 N–H and O–H groups in total. The van der Waals surface area contributed by atoms with Crippen LogP contribution in [0.15, 0.2) is 34.7 Å². The van der Waals surface area contributed by atoms with Gasteiger partial charge in [0.25, 0.3) is 0 Å². The number of nitrogens with two attached hydrogens (primary N) is 1. The van der Waals surface area contributed by atoms with Crippen molar-refractivity contribution < 1.29 is 9.53 Å². The van der Waals surface area contributed by atoms with E-state index in [1.54, 1.807) is 18.5 Å².